The number of aryl methyl sites for hydroxylation is 1. The Hall–Kier alpha value is -2.69. The second-order valence-corrected chi connectivity index (χ2v) is 7.22. The quantitative estimate of drug-likeness (QED) is 0.407. The van der Waals surface area contributed by atoms with Crippen LogP contribution in [0.3, 0.4) is 0 Å². The van der Waals surface area contributed by atoms with Gasteiger partial charge in [-0.05, 0) is 42.7 Å². The van der Waals surface area contributed by atoms with Gasteiger partial charge < -0.3 is 15.4 Å². The molecule has 1 amide bonds. The molecule has 0 atom stereocenters. The lowest BCUT2D eigenvalue weighted by Crippen LogP contribution is -2.22. The van der Waals surface area contributed by atoms with Crippen LogP contribution in [0.1, 0.15) is 12.0 Å². The van der Waals surface area contributed by atoms with E-state index in [0.29, 0.717) is 28.1 Å². The second kappa shape index (κ2) is 10.7. The molecule has 0 heterocycles. The first kappa shape index (κ1) is 21.0. The minimum atomic E-state index is -0.229. The zero-order valence-corrected chi connectivity index (χ0v) is 17.3. The smallest absolute Gasteiger partial charge is 0.243 e. The first-order chi connectivity index (χ1) is 14.1. The summed E-state index contributed by atoms with van der Waals surface area (Å²) in [6, 6.07) is 23.0. The number of carbonyl (C=O) groups is 1. The van der Waals surface area contributed by atoms with Gasteiger partial charge in [-0.1, -0.05) is 71.7 Å². The normalized spacial score (nSPS) is 10.4. The van der Waals surface area contributed by atoms with E-state index < -0.39 is 0 Å². The van der Waals surface area contributed by atoms with Crippen molar-refractivity contribution < 1.29 is 9.53 Å². The van der Waals surface area contributed by atoms with Crippen molar-refractivity contribution in [3.8, 4) is 5.75 Å². The average Bonchev–Trinajstić information content (AvgIpc) is 2.74. The summed E-state index contributed by atoms with van der Waals surface area (Å²) in [6.45, 7) is 0.672. The molecule has 0 bridgehead atoms. The largest absolute Gasteiger partial charge is 0.491 e. The van der Waals surface area contributed by atoms with Crippen molar-refractivity contribution in [3.63, 3.8) is 0 Å². The minimum absolute atomic E-state index is 0.0766. The summed E-state index contributed by atoms with van der Waals surface area (Å²) in [6.07, 6.45) is 1.87. The molecular weight excluding hydrogens is 407 g/mol. The van der Waals surface area contributed by atoms with E-state index >= 15 is 0 Å². The van der Waals surface area contributed by atoms with Gasteiger partial charge in [0.2, 0.25) is 5.91 Å². The number of para-hydroxylation sites is 2. The number of hydrogen-bond donors (Lipinski definition) is 2. The van der Waals surface area contributed by atoms with Crippen LogP contribution in [-0.2, 0) is 11.2 Å². The third-order valence-electron chi connectivity index (χ3n) is 4.26. The Labute approximate surface area is 180 Å². The maximum absolute atomic E-state index is 12.3. The standard InChI is InChI=1S/C23H22Cl2N2O2/c24-18-11-6-13-20(23(18)25)27-22(28)16-26-19-12-4-5-14-21(19)29-15-7-10-17-8-2-1-3-9-17/h1-6,8-9,11-14,26H,7,10,15-16H2,(H,27,28). The number of halogens is 2. The summed E-state index contributed by atoms with van der Waals surface area (Å²) in [5.74, 6) is 0.488. The topological polar surface area (TPSA) is 50.4 Å². The number of ether oxygens (including phenoxy) is 1. The Morgan fingerprint density at radius 1 is 0.862 bits per heavy atom. The third kappa shape index (κ3) is 6.41. The van der Waals surface area contributed by atoms with Crippen LogP contribution in [-0.4, -0.2) is 19.1 Å². The Morgan fingerprint density at radius 2 is 1.59 bits per heavy atom. The number of hydrogen-bond acceptors (Lipinski definition) is 3. The molecule has 2 N–H and O–H groups in total. The van der Waals surface area contributed by atoms with E-state index in [1.807, 2.05) is 42.5 Å². The van der Waals surface area contributed by atoms with Crippen LogP contribution >= 0.6 is 23.2 Å². The highest BCUT2D eigenvalue weighted by Gasteiger charge is 2.09. The summed E-state index contributed by atoms with van der Waals surface area (Å²) < 4.78 is 5.91. The van der Waals surface area contributed by atoms with Crippen LogP contribution in [0, 0.1) is 0 Å². The highest BCUT2D eigenvalue weighted by atomic mass is 35.5. The molecule has 150 valence electrons. The lowest BCUT2D eigenvalue weighted by molar-refractivity contribution is -0.114. The van der Waals surface area contributed by atoms with E-state index in [4.69, 9.17) is 27.9 Å². The SMILES string of the molecule is O=C(CNc1ccccc1OCCCc1ccccc1)Nc1cccc(Cl)c1Cl. The molecular formula is C23H22Cl2N2O2. The van der Waals surface area contributed by atoms with Crippen LogP contribution in [0.4, 0.5) is 11.4 Å². The van der Waals surface area contributed by atoms with Crippen molar-refractivity contribution in [1.29, 1.82) is 0 Å². The lowest BCUT2D eigenvalue weighted by atomic mass is 10.1. The molecule has 29 heavy (non-hydrogen) atoms. The molecule has 3 aromatic carbocycles. The van der Waals surface area contributed by atoms with E-state index in [1.165, 1.54) is 5.56 Å². The molecule has 0 unspecified atom stereocenters. The molecule has 0 fully saturated rings. The molecule has 3 rings (SSSR count). The lowest BCUT2D eigenvalue weighted by Gasteiger charge is -2.14. The van der Waals surface area contributed by atoms with Gasteiger partial charge >= 0.3 is 0 Å². The predicted molar refractivity (Wildman–Crippen MR) is 120 cm³/mol. The van der Waals surface area contributed by atoms with Gasteiger partial charge in [0.15, 0.2) is 0 Å². The van der Waals surface area contributed by atoms with E-state index in [1.54, 1.807) is 18.2 Å². The molecule has 0 aliphatic carbocycles. The number of carbonyl (C=O) groups excluding carboxylic acids is 1. The van der Waals surface area contributed by atoms with Crippen molar-refractivity contribution in [3.05, 3.63) is 88.4 Å². The fourth-order valence-electron chi connectivity index (χ4n) is 2.81. The second-order valence-electron chi connectivity index (χ2n) is 6.44. The van der Waals surface area contributed by atoms with E-state index in [2.05, 4.69) is 22.8 Å². The number of rotatable bonds is 9. The molecule has 0 aromatic heterocycles. The molecule has 0 spiro atoms. The first-order valence-electron chi connectivity index (χ1n) is 9.37. The zero-order chi connectivity index (χ0) is 20.5. The van der Waals surface area contributed by atoms with Gasteiger partial charge in [-0.2, -0.15) is 0 Å². The van der Waals surface area contributed by atoms with Crippen molar-refractivity contribution in [2.45, 2.75) is 12.8 Å². The van der Waals surface area contributed by atoms with Crippen molar-refractivity contribution in [2.24, 2.45) is 0 Å². The predicted octanol–water partition coefficient (Wildman–Crippen LogP) is 6.06. The number of nitrogens with one attached hydrogen (secondary N) is 2. The summed E-state index contributed by atoms with van der Waals surface area (Å²) in [5, 5.41) is 6.58. The minimum Gasteiger partial charge on any atom is -0.491 e. The number of amides is 1. The Kier molecular flexibility index (Phi) is 7.79. The average molecular weight is 429 g/mol. The van der Waals surface area contributed by atoms with Crippen LogP contribution in [0.5, 0.6) is 5.75 Å². The van der Waals surface area contributed by atoms with Crippen molar-refractivity contribution in [1.82, 2.24) is 0 Å². The molecule has 0 radical (unpaired) electrons. The van der Waals surface area contributed by atoms with Crippen LogP contribution in [0.15, 0.2) is 72.8 Å². The Bertz CT molecular complexity index is 949. The maximum atomic E-state index is 12.3. The van der Waals surface area contributed by atoms with Crippen molar-refractivity contribution >= 4 is 40.5 Å². The van der Waals surface area contributed by atoms with Gasteiger partial charge in [-0.25, -0.2) is 0 Å². The molecule has 0 saturated carbocycles. The highest BCUT2D eigenvalue weighted by molar-refractivity contribution is 6.44. The molecule has 6 heteroatoms. The van der Waals surface area contributed by atoms with Crippen LogP contribution in [0.2, 0.25) is 10.0 Å². The Morgan fingerprint density at radius 3 is 2.41 bits per heavy atom. The monoisotopic (exact) mass is 428 g/mol. The van der Waals surface area contributed by atoms with Gasteiger partial charge in [0, 0.05) is 0 Å². The first-order valence-corrected chi connectivity index (χ1v) is 10.1. The van der Waals surface area contributed by atoms with E-state index in [9.17, 15) is 4.79 Å². The fourth-order valence-corrected chi connectivity index (χ4v) is 3.16. The summed E-state index contributed by atoms with van der Waals surface area (Å²) >= 11 is 12.1. The van der Waals surface area contributed by atoms with Crippen LogP contribution < -0.4 is 15.4 Å². The van der Waals surface area contributed by atoms with E-state index in [-0.39, 0.29) is 12.5 Å². The third-order valence-corrected chi connectivity index (χ3v) is 5.08. The molecule has 0 saturated heterocycles. The molecule has 0 aliphatic heterocycles. The number of anilines is 2. The van der Waals surface area contributed by atoms with Gasteiger partial charge in [-0.15, -0.1) is 0 Å². The molecule has 0 aliphatic rings. The van der Waals surface area contributed by atoms with Crippen molar-refractivity contribution in [2.75, 3.05) is 23.8 Å². The van der Waals surface area contributed by atoms with Gasteiger partial charge in [0.25, 0.3) is 0 Å². The van der Waals surface area contributed by atoms with Gasteiger partial charge in [-0.3, -0.25) is 4.79 Å². The summed E-state index contributed by atoms with van der Waals surface area (Å²) in [5.41, 5.74) is 2.54. The zero-order valence-electron chi connectivity index (χ0n) is 15.8. The van der Waals surface area contributed by atoms with Crippen LogP contribution in [0.25, 0.3) is 0 Å². The highest BCUT2D eigenvalue weighted by Crippen LogP contribution is 2.29. The summed E-state index contributed by atoms with van der Waals surface area (Å²) in [4.78, 5) is 12.3. The van der Waals surface area contributed by atoms with E-state index in [0.717, 1.165) is 18.5 Å². The number of benzene rings is 3. The van der Waals surface area contributed by atoms with Gasteiger partial charge in [0.05, 0.1) is 34.6 Å². The summed E-state index contributed by atoms with van der Waals surface area (Å²) in [7, 11) is 0. The Balaban J connectivity index is 1.49. The molecule has 3 aromatic rings. The van der Waals surface area contributed by atoms with Gasteiger partial charge in [0.1, 0.15) is 5.75 Å². The fraction of sp³-hybridized carbons (Fsp3) is 0.174. The molecule has 4 nitrogen and oxygen atoms in total. The maximum Gasteiger partial charge on any atom is 0.243 e.